The molecular formula is C25H34N2O2. The summed E-state index contributed by atoms with van der Waals surface area (Å²) in [6, 6.07) is 15.7. The highest BCUT2D eigenvalue weighted by Gasteiger charge is 1.97. The molecule has 2 rings (SSSR count). The molecule has 0 N–H and O–H groups in total. The molecule has 156 valence electrons. The standard InChI is InChI=1S/C25H34N2O2/c1-21-12-14-23(15-13-21)26-27-24-16-18-25(19-17-24)29-20-10-8-6-4-3-5-7-9-11-22(2)28/h12-19H,3-11,20H2,1-2H3/b27-26+. The van der Waals surface area contributed by atoms with E-state index in [1.165, 1.54) is 44.1 Å². The Labute approximate surface area is 175 Å². The first-order valence-corrected chi connectivity index (χ1v) is 10.8. The molecule has 0 saturated carbocycles. The van der Waals surface area contributed by atoms with E-state index in [0.717, 1.165) is 43.0 Å². The topological polar surface area (TPSA) is 51.0 Å². The number of unbranched alkanes of at least 4 members (excludes halogenated alkanes) is 7. The van der Waals surface area contributed by atoms with Crippen molar-refractivity contribution in [1.29, 1.82) is 0 Å². The van der Waals surface area contributed by atoms with E-state index >= 15 is 0 Å². The third-order valence-corrected chi connectivity index (χ3v) is 4.84. The molecule has 0 radical (unpaired) electrons. The molecule has 0 heterocycles. The van der Waals surface area contributed by atoms with Crippen molar-refractivity contribution in [3.05, 3.63) is 54.1 Å². The van der Waals surface area contributed by atoms with Crippen LogP contribution in [-0.4, -0.2) is 12.4 Å². The van der Waals surface area contributed by atoms with Crippen LogP contribution in [0.3, 0.4) is 0 Å². The van der Waals surface area contributed by atoms with Crippen molar-refractivity contribution in [2.45, 2.75) is 71.6 Å². The summed E-state index contributed by atoms with van der Waals surface area (Å²) in [6.45, 7) is 4.48. The monoisotopic (exact) mass is 394 g/mol. The third-order valence-electron chi connectivity index (χ3n) is 4.84. The van der Waals surface area contributed by atoms with Crippen molar-refractivity contribution in [1.82, 2.24) is 0 Å². The van der Waals surface area contributed by atoms with Crippen molar-refractivity contribution in [2.75, 3.05) is 6.61 Å². The van der Waals surface area contributed by atoms with Crippen molar-refractivity contribution in [2.24, 2.45) is 10.2 Å². The average molecular weight is 395 g/mol. The number of carbonyl (C=O) groups excluding carboxylic acids is 1. The van der Waals surface area contributed by atoms with Gasteiger partial charge >= 0.3 is 0 Å². The Balaban J connectivity index is 1.53. The van der Waals surface area contributed by atoms with Gasteiger partial charge in [0.25, 0.3) is 0 Å². The predicted octanol–water partition coefficient (Wildman–Crippen LogP) is 7.89. The van der Waals surface area contributed by atoms with Gasteiger partial charge in [0.15, 0.2) is 0 Å². The van der Waals surface area contributed by atoms with Crippen LogP contribution in [-0.2, 0) is 4.79 Å². The van der Waals surface area contributed by atoms with Crippen LogP contribution in [0.2, 0.25) is 0 Å². The van der Waals surface area contributed by atoms with Crippen LogP contribution < -0.4 is 4.74 Å². The highest BCUT2D eigenvalue weighted by molar-refractivity contribution is 5.75. The third kappa shape index (κ3) is 10.6. The van der Waals surface area contributed by atoms with E-state index in [4.69, 9.17) is 4.74 Å². The lowest BCUT2D eigenvalue weighted by Crippen LogP contribution is -1.97. The number of benzene rings is 2. The van der Waals surface area contributed by atoms with Crippen LogP contribution in [0.4, 0.5) is 11.4 Å². The quantitative estimate of drug-likeness (QED) is 0.241. The smallest absolute Gasteiger partial charge is 0.129 e. The molecule has 2 aromatic rings. The van der Waals surface area contributed by atoms with E-state index in [9.17, 15) is 4.79 Å². The van der Waals surface area contributed by atoms with Crippen molar-refractivity contribution >= 4 is 17.2 Å². The minimum absolute atomic E-state index is 0.311. The zero-order chi connectivity index (χ0) is 20.7. The second-order valence-corrected chi connectivity index (χ2v) is 7.66. The Hall–Kier alpha value is -2.49. The first-order chi connectivity index (χ1) is 14.1. The molecule has 0 fully saturated rings. The minimum atomic E-state index is 0.311. The first kappa shape index (κ1) is 22.8. The number of nitrogens with zero attached hydrogens (tertiary/aromatic N) is 2. The van der Waals surface area contributed by atoms with Crippen molar-refractivity contribution in [3.63, 3.8) is 0 Å². The van der Waals surface area contributed by atoms with Crippen LogP contribution in [0.5, 0.6) is 5.75 Å². The number of aryl methyl sites for hydroxylation is 1. The molecule has 0 aliphatic carbocycles. The van der Waals surface area contributed by atoms with Crippen LogP contribution in [0, 0.1) is 6.92 Å². The lowest BCUT2D eigenvalue weighted by Gasteiger charge is -2.06. The molecular weight excluding hydrogens is 360 g/mol. The van der Waals surface area contributed by atoms with Crippen LogP contribution in [0.25, 0.3) is 0 Å². The number of rotatable bonds is 14. The molecule has 0 aromatic heterocycles. The molecule has 2 aromatic carbocycles. The number of Topliss-reactive ketones (excluding diaryl/α,β-unsaturated/α-hetero) is 1. The summed E-state index contributed by atoms with van der Waals surface area (Å²) < 4.78 is 5.81. The van der Waals surface area contributed by atoms with Gasteiger partial charge in [0.2, 0.25) is 0 Å². The highest BCUT2D eigenvalue weighted by atomic mass is 16.5. The molecule has 0 aliphatic rings. The Morgan fingerprint density at radius 1 is 0.724 bits per heavy atom. The molecule has 4 heteroatoms. The van der Waals surface area contributed by atoms with Gasteiger partial charge in [-0.1, -0.05) is 56.2 Å². The molecule has 0 aliphatic heterocycles. The fraction of sp³-hybridized carbons (Fsp3) is 0.480. The number of carbonyl (C=O) groups is 1. The molecule has 4 nitrogen and oxygen atoms in total. The van der Waals surface area contributed by atoms with E-state index < -0.39 is 0 Å². The second-order valence-electron chi connectivity index (χ2n) is 7.66. The molecule has 0 unspecified atom stereocenters. The summed E-state index contributed by atoms with van der Waals surface area (Å²) in [5.41, 5.74) is 2.89. The van der Waals surface area contributed by atoms with Crippen LogP contribution in [0.1, 0.15) is 70.3 Å². The lowest BCUT2D eigenvalue weighted by molar-refractivity contribution is -0.117. The minimum Gasteiger partial charge on any atom is -0.494 e. The maximum absolute atomic E-state index is 10.9. The van der Waals surface area contributed by atoms with Gasteiger partial charge in [-0.25, -0.2) is 0 Å². The average Bonchev–Trinajstić information content (AvgIpc) is 2.72. The Morgan fingerprint density at radius 3 is 1.76 bits per heavy atom. The summed E-state index contributed by atoms with van der Waals surface area (Å²) in [4.78, 5) is 10.9. The molecule has 29 heavy (non-hydrogen) atoms. The maximum Gasteiger partial charge on any atom is 0.129 e. The molecule has 0 spiro atoms. The number of hydrogen-bond donors (Lipinski definition) is 0. The fourth-order valence-corrected chi connectivity index (χ4v) is 3.06. The summed E-state index contributed by atoms with van der Waals surface area (Å²) in [7, 11) is 0. The van der Waals surface area contributed by atoms with Gasteiger partial charge in [-0.05, 0) is 63.1 Å². The summed E-state index contributed by atoms with van der Waals surface area (Å²) >= 11 is 0. The maximum atomic E-state index is 10.9. The van der Waals surface area contributed by atoms with Gasteiger partial charge < -0.3 is 9.53 Å². The Kier molecular flexibility index (Phi) is 10.7. The van der Waals surface area contributed by atoms with E-state index in [1.54, 1.807) is 6.92 Å². The van der Waals surface area contributed by atoms with Crippen molar-refractivity contribution in [3.8, 4) is 5.75 Å². The SMILES string of the molecule is CC(=O)CCCCCCCCCCOc1ccc(/N=N/c2ccc(C)cc2)cc1. The van der Waals surface area contributed by atoms with E-state index in [-0.39, 0.29) is 0 Å². The fourth-order valence-electron chi connectivity index (χ4n) is 3.06. The largest absolute Gasteiger partial charge is 0.494 e. The van der Waals surface area contributed by atoms with Gasteiger partial charge in [0.1, 0.15) is 11.5 Å². The van der Waals surface area contributed by atoms with E-state index in [2.05, 4.69) is 17.2 Å². The second kappa shape index (κ2) is 13.6. The molecule has 0 saturated heterocycles. The van der Waals surface area contributed by atoms with Gasteiger partial charge in [0.05, 0.1) is 18.0 Å². The van der Waals surface area contributed by atoms with Crippen molar-refractivity contribution < 1.29 is 9.53 Å². The van der Waals surface area contributed by atoms with Gasteiger partial charge in [0, 0.05) is 6.42 Å². The van der Waals surface area contributed by atoms with Gasteiger partial charge in [-0.15, -0.1) is 0 Å². The number of ether oxygens (including phenoxy) is 1. The van der Waals surface area contributed by atoms with E-state index in [0.29, 0.717) is 5.78 Å². The zero-order valence-corrected chi connectivity index (χ0v) is 17.9. The Morgan fingerprint density at radius 2 is 1.21 bits per heavy atom. The van der Waals surface area contributed by atoms with E-state index in [1.807, 2.05) is 48.5 Å². The summed E-state index contributed by atoms with van der Waals surface area (Å²) in [5, 5.41) is 8.52. The summed E-state index contributed by atoms with van der Waals surface area (Å²) in [5.74, 6) is 1.19. The van der Waals surface area contributed by atoms with Crippen LogP contribution in [0.15, 0.2) is 58.8 Å². The predicted molar refractivity (Wildman–Crippen MR) is 120 cm³/mol. The number of azo groups is 1. The highest BCUT2D eigenvalue weighted by Crippen LogP contribution is 2.21. The lowest BCUT2D eigenvalue weighted by atomic mass is 10.1. The number of ketones is 1. The molecule has 0 bridgehead atoms. The van der Waals surface area contributed by atoms with Crippen LogP contribution >= 0.6 is 0 Å². The first-order valence-electron chi connectivity index (χ1n) is 10.8. The van der Waals surface area contributed by atoms with Gasteiger partial charge in [-0.2, -0.15) is 10.2 Å². The normalized spacial score (nSPS) is 11.1. The summed E-state index contributed by atoms with van der Waals surface area (Å²) in [6.07, 6.45) is 10.3. The zero-order valence-electron chi connectivity index (χ0n) is 17.9. The molecule has 0 amide bonds. The molecule has 0 atom stereocenters. The number of hydrogen-bond acceptors (Lipinski definition) is 4. The Bertz CT molecular complexity index is 736. The van der Waals surface area contributed by atoms with Gasteiger partial charge in [-0.3, -0.25) is 0 Å².